The molecule has 9 rings (SSSR count). The van der Waals surface area contributed by atoms with Crippen LogP contribution in [0.1, 0.15) is 53.0 Å². The van der Waals surface area contributed by atoms with Gasteiger partial charge in [0, 0.05) is 10.8 Å². The van der Waals surface area contributed by atoms with Crippen molar-refractivity contribution in [2.45, 2.75) is 30.6 Å². The highest BCUT2D eigenvalue weighted by Gasteiger charge is 2.53. The smallest absolute Gasteiger partial charge is 0.135 e. The largest absolute Gasteiger partial charge is 0.456 e. The van der Waals surface area contributed by atoms with Crippen LogP contribution in [0.2, 0.25) is 0 Å². The van der Waals surface area contributed by atoms with E-state index in [0.717, 1.165) is 24.0 Å². The first kappa shape index (κ1) is 20.7. The molecule has 1 heterocycles. The third kappa shape index (κ3) is 2.47. The van der Waals surface area contributed by atoms with Gasteiger partial charge in [-0.2, -0.15) is 0 Å². The van der Waals surface area contributed by atoms with Crippen molar-refractivity contribution in [1.82, 2.24) is 0 Å². The maximum Gasteiger partial charge on any atom is 0.135 e. The van der Waals surface area contributed by atoms with Crippen LogP contribution >= 0.6 is 0 Å². The molecule has 3 aliphatic rings. The lowest BCUT2D eigenvalue weighted by atomic mass is 9.65. The molecule has 0 N–H and O–H groups in total. The summed E-state index contributed by atoms with van der Waals surface area (Å²) in [5.74, 6) is 0.484. The second-order valence-electron chi connectivity index (χ2n) is 11.1. The highest BCUT2D eigenvalue weighted by atomic mass is 16.3. The molecule has 1 aromatic heterocycles. The minimum atomic E-state index is -0.190. The summed E-state index contributed by atoms with van der Waals surface area (Å²) in [6.07, 6.45) is 3.37. The molecule has 0 saturated heterocycles. The van der Waals surface area contributed by atoms with Crippen molar-refractivity contribution in [3.05, 3.63) is 149 Å². The first-order chi connectivity index (χ1) is 18.8. The van der Waals surface area contributed by atoms with Crippen LogP contribution < -0.4 is 0 Å². The van der Waals surface area contributed by atoms with E-state index < -0.39 is 0 Å². The summed E-state index contributed by atoms with van der Waals surface area (Å²) >= 11 is 0. The van der Waals surface area contributed by atoms with Crippen LogP contribution in [0, 0.1) is 0 Å². The second-order valence-corrected chi connectivity index (χ2v) is 11.1. The van der Waals surface area contributed by atoms with E-state index in [1.807, 2.05) is 0 Å². The molecular formula is C37H26O. The summed E-state index contributed by atoms with van der Waals surface area (Å²) in [6, 6.07) is 42.8. The molecule has 3 aliphatic carbocycles. The average molecular weight is 487 g/mol. The maximum atomic E-state index is 6.15. The highest BCUT2D eigenvalue weighted by molar-refractivity contribution is 6.05. The van der Waals surface area contributed by atoms with Gasteiger partial charge in [0.25, 0.3) is 0 Å². The molecule has 1 nitrogen and oxygen atoms in total. The lowest BCUT2D eigenvalue weighted by molar-refractivity contribution is 0.568. The van der Waals surface area contributed by atoms with Crippen LogP contribution in [0.5, 0.6) is 0 Å². The van der Waals surface area contributed by atoms with Gasteiger partial charge in [-0.15, -0.1) is 0 Å². The molecule has 38 heavy (non-hydrogen) atoms. The molecule has 1 spiro atoms. The normalized spacial score (nSPS) is 18.6. The summed E-state index contributed by atoms with van der Waals surface area (Å²) in [5, 5.41) is 2.45. The van der Waals surface area contributed by atoms with Crippen LogP contribution in [0.3, 0.4) is 0 Å². The van der Waals surface area contributed by atoms with Gasteiger partial charge in [0.1, 0.15) is 11.2 Å². The average Bonchev–Trinajstić information content (AvgIpc) is 3.60. The van der Waals surface area contributed by atoms with Gasteiger partial charge in [0.2, 0.25) is 0 Å². The fourth-order valence-electron chi connectivity index (χ4n) is 7.99. The van der Waals surface area contributed by atoms with E-state index >= 15 is 0 Å². The van der Waals surface area contributed by atoms with E-state index in [1.54, 1.807) is 11.1 Å². The molecule has 6 aromatic rings. The van der Waals surface area contributed by atoms with Crippen molar-refractivity contribution in [1.29, 1.82) is 0 Å². The zero-order valence-corrected chi connectivity index (χ0v) is 21.1. The van der Waals surface area contributed by atoms with Gasteiger partial charge in [0.05, 0.1) is 5.41 Å². The van der Waals surface area contributed by atoms with Crippen LogP contribution in [0.15, 0.2) is 125 Å². The molecule has 5 aromatic carbocycles. The van der Waals surface area contributed by atoms with Crippen LogP contribution in [-0.2, 0) is 5.41 Å². The summed E-state index contributed by atoms with van der Waals surface area (Å²) in [7, 11) is 0. The Morgan fingerprint density at radius 2 is 1.18 bits per heavy atom. The molecule has 0 radical (unpaired) electrons. The lowest BCUT2D eigenvalue weighted by Gasteiger charge is -2.36. The molecule has 0 aliphatic heterocycles. The van der Waals surface area contributed by atoms with Gasteiger partial charge in [0.15, 0.2) is 0 Å². The first-order valence-electron chi connectivity index (χ1n) is 13.8. The van der Waals surface area contributed by atoms with Crippen LogP contribution in [0.25, 0.3) is 38.6 Å². The van der Waals surface area contributed by atoms with E-state index in [0.29, 0.717) is 5.92 Å². The van der Waals surface area contributed by atoms with Crippen molar-refractivity contribution in [2.24, 2.45) is 0 Å². The molecule has 0 fully saturated rings. The summed E-state index contributed by atoms with van der Waals surface area (Å²) in [5.41, 5.74) is 15.0. The zero-order chi connectivity index (χ0) is 24.8. The number of hydrogen-bond donors (Lipinski definition) is 0. The SMILES string of the molecule is c1ccc2c(c1)C1=C(CC(c3ccc4oc5ccccc5c4c3)CC1)C21c2ccccc2-c2ccccc21. The predicted octanol–water partition coefficient (Wildman–Crippen LogP) is 9.64. The van der Waals surface area contributed by atoms with E-state index in [-0.39, 0.29) is 5.41 Å². The predicted molar refractivity (Wildman–Crippen MR) is 155 cm³/mol. The summed E-state index contributed by atoms with van der Waals surface area (Å²) < 4.78 is 6.15. The number of allylic oxidation sites excluding steroid dienone is 2. The fourth-order valence-corrected chi connectivity index (χ4v) is 7.99. The third-order valence-corrected chi connectivity index (χ3v) is 9.49. The van der Waals surface area contributed by atoms with E-state index in [9.17, 15) is 0 Å². The van der Waals surface area contributed by atoms with Crippen LogP contribution in [0.4, 0.5) is 0 Å². The number of fused-ring (bicyclic) bond motifs is 12. The topological polar surface area (TPSA) is 13.1 Å². The Morgan fingerprint density at radius 3 is 1.95 bits per heavy atom. The molecule has 0 amide bonds. The molecule has 180 valence electrons. The van der Waals surface area contributed by atoms with E-state index in [2.05, 4.69) is 115 Å². The Kier molecular flexibility index (Phi) is 4.00. The molecule has 1 unspecified atom stereocenters. The van der Waals surface area contributed by atoms with Crippen molar-refractivity contribution in [2.75, 3.05) is 0 Å². The van der Waals surface area contributed by atoms with Gasteiger partial charge < -0.3 is 4.42 Å². The Labute approximate surface area is 222 Å². The Bertz CT molecular complexity index is 1920. The van der Waals surface area contributed by atoms with E-state index in [4.69, 9.17) is 4.42 Å². The Hall–Kier alpha value is -4.36. The van der Waals surface area contributed by atoms with Gasteiger partial charge in [-0.25, -0.2) is 0 Å². The molecule has 0 saturated carbocycles. The Morgan fingerprint density at radius 1 is 0.579 bits per heavy atom. The summed E-state index contributed by atoms with van der Waals surface area (Å²) in [4.78, 5) is 0. The van der Waals surface area contributed by atoms with Crippen molar-refractivity contribution in [3.8, 4) is 11.1 Å². The van der Waals surface area contributed by atoms with Gasteiger partial charge >= 0.3 is 0 Å². The molecule has 1 atom stereocenters. The van der Waals surface area contributed by atoms with Gasteiger partial charge in [-0.05, 0) is 93.5 Å². The number of rotatable bonds is 1. The standard InChI is InChI=1S/C37H26O/c1-5-13-31-25(9-1)26-10-2-6-14-32(26)37(31)33-15-7-3-11-27(33)28-19-17-24(22-34(28)37)23-18-20-36-30(21-23)29-12-4-8-16-35(29)38-36/h1-16,18,20-21,24H,17,19,22H2. The van der Waals surface area contributed by atoms with Gasteiger partial charge in [-0.1, -0.05) is 97.1 Å². The number of furan rings is 1. The van der Waals surface area contributed by atoms with E-state index in [1.165, 1.54) is 56.1 Å². The van der Waals surface area contributed by atoms with Crippen molar-refractivity contribution in [3.63, 3.8) is 0 Å². The number of hydrogen-bond acceptors (Lipinski definition) is 1. The monoisotopic (exact) mass is 486 g/mol. The van der Waals surface area contributed by atoms with Crippen LogP contribution in [-0.4, -0.2) is 0 Å². The molecule has 0 bridgehead atoms. The number of para-hydroxylation sites is 1. The van der Waals surface area contributed by atoms with Crippen molar-refractivity contribution < 1.29 is 4.42 Å². The third-order valence-electron chi connectivity index (χ3n) is 9.49. The minimum absolute atomic E-state index is 0.190. The highest BCUT2D eigenvalue weighted by Crippen LogP contribution is 2.65. The minimum Gasteiger partial charge on any atom is -0.456 e. The second kappa shape index (κ2) is 7.36. The van der Waals surface area contributed by atoms with Gasteiger partial charge in [-0.3, -0.25) is 0 Å². The lowest BCUT2D eigenvalue weighted by Crippen LogP contribution is -2.29. The van der Waals surface area contributed by atoms with Crippen molar-refractivity contribution >= 4 is 27.5 Å². The summed E-state index contributed by atoms with van der Waals surface area (Å²) in [6.45, 7) is 0. The molecular weight excluding hydrogens is 460 g/mol. The number of benzene rings is 5. The molecule has 1 heteroatoms. The maximum absolute atomic E-state index is 6.15. The zero-order valence-electron chi connectivity index (χ0n) is 21.1. The Balaban J connectivity index is 1.26. The quantitative estimate of drug-likeness (QED) is 0.225. The fraction of sp³-hybridized carbons (Fsp3) is 0.135. The first-order valence-corrected chi connectivity index (χ1v) is 13.8.